The third-order valence-electron chi connectivity index (χ3n) is 6.57. The van der Waals surface area contributed by atoms with E-state index in [1.54, 1.807) is 24.5 Å². The Bertz CT molecular complexity index is 1050. The van der Waals surface area contributed by atoms with Gasteiger partial charge in [-0.15, -0.1) is 0 Å². The van der Waals surface area contributed by atoms with Gasteiger partial charge in [0.05, 0.1) is 5.69 Å². The molecular weight excluding hydrogens is 422 g/mol. The molecule has 0 unspecified atom stereocenters. The fourth-order valence-corrected chi connectivity index (χ4v) is 4.45. The summed E-state index contributed by atoms with van der Waals surface area (Å²) in [5.41, 5.74) is -0.400. The van der Waals surface area contributed by atoms with Gasteiger partial charge in [-0.2, -0.15) is 9.78 Å². The monoisotopic (exact) mass is 453 g/mol. The van der Waals surface area contributed by atoms with Crippen LogP contribution in [0.25, 0.3) is 5.95 Å². The SMILES string of the molecule is CCC1CCC2(CC1)NC(=O)N(CC(=O)Nc1cc(C(C)(C)C)nn1-c1ncccn1)C2=O. The van der Waals surface area contributed by atoms with E-state index in [4.69, 9.17) is 0 Å². The van der Waals surface area contributed by atoms with Gasteiger partial charge in [-0.1, -0.05) is 34.1 Å². The third kappa shape index (κ3) is 4.46. The van der Waals surface area contributed by atoms with Gasteiger partial charge in [-0.05, 0) is 37.7 Å². The lowest BCUT2D eigenvalue weighted by molar-refractivity contribution is -0.135. The van der Waals surface area contributed by atoms with Crippen LogP contribution in [-0.4, -0.2) is 54.6 Å². The molecule has 2 aliphatic rings. The van der Waals surface area contributed by atoms with Crippen LogP contribution in [0.3, 0.4) is 0 Å². The molecule has 176 valence electrons. The molecule has 10 heteroatoms. The topological polar surface area (TPSA) is 122 Å². The van der Waals surface area contributed by atoms with Crippen molar-refractivity contribution >= 4 is 23.7 Å². The van der Waals surface area contributed by atoms with E-state index in [0.29, 0.717) is 30.5 Å². The lowest BCUT2D eigenvalue weighted by Crippen LogP contribution is -2.49. The van der Waals surface area contributed by atoms with Crippen LogP contribution >= 0.6 is 0 Å². The van der Waals surface area contributed by atoms with E-state index < -0.39 is 17.5 Å². The van der Waals surface area contributed by atoms with Crippen LogP contribution in [0.1, 0.15) is 65.5 Å². The summed E-state index contributed by atoms with van der Waals surface area (Å²) in [7, 11) is 0. The Labute approximate surface area is 193 Å². The molecule has 0 aromatic carbocycles. The van der Waals surface area contributed by atoms with Gasteiger partial charge in [0.1, 0.15) is 17.9 Å². The maximum absolute atomic E-state index is 13.1. The Morgan fingerprint density at radius 3 is 2.48 bits per heavy atom. The lowest BCUT2D eigenvalue weighted by atomic mass is 9.75. The molecule has 1 aliphatic carbocycles. The molecule has 0 atom stereocenters. The first-order chi connectivity index (χ1) is 15.6. The number of carbonyl (C=O) groups is 3. The molecule has 0 bridgehead atoms. The molecule has 33 heavy (non-hydrogen) atoms. The predicted molar refractivity (Wildman–Crippen MR) is 122 cm³/mol. The Hall–Kier alpha value is -3.30. The summed E-state index contributed by atoms with van der Waals surface area (Å²) >= 11 is 0. The number of anilines is 1. The molecule has 1 spiro atoms. The fourth-order valence-electron chi connectivity index (χ4n) is 4.45. The zero-order valence-corrected chi connectivity index (χ0v) is 19.6. The van der Waals surface area contributed by atoms with Crippen molar-refractivity contribution in [3.63, 3.8) is 0 Å². The van der Waals surface area contributed by atoms with Crippen LogP contribution < -0.4 is 10.6 Å². The number of imide groups is 1. The first-order valence-corrected chi connectivity index (χ1v) is 11.4. The summed E-state index contributed by atoms with van der Waals surface area (Å²) < 4.78 is 1.46. The van der Waals surface area contributed by atoms with Crippen LogP contribution in [-0.2, 0) is 15.0 Å². The van der Waals surface area contributed by atoms with Crippen molar-refractivity contribution < 1.29 is 14.4 Å². The van der Waals surface area contributed by atoms with Crippen molar-refractivity contribution in [3.05, 3.63) is 30.2 Å². The van der Waals surface area contributed by atoms with Crippen LogP contribution in [0, 0.1) is 5.92 Å². The van der Waals surface area contributed by atoms with Gasteiger partial charge in [0.2, 0.25) is 5.91 Å². The van der Waals surface area contributed by atoms with Gasteiger partial charge in [0.15, 0.2) is 0 Å². The van der Waals surface area contributed by atoms with Crippen LogP contribution in [0.15, 0.2) is 24.5 Å². The van der Waals surface area contributed by atoms with Crippen molar-refractivity contribution in [1.29, 1.82) is 0 Å². The molecule has 10 nitrogen and oxygen atoms in total. The van der Waals surface area contributed by atoms with Crippen LogP contribution in [0.5, 0.6) is 0 Å². The molecule has 0 radical (unpaired) electrons. The lowest BCUT2D eigenvalue weighted by Gasteiger charge is -2.34. The van der Waals surface area contributed by atoms with Gasteiger partial charge in [-0.3, -0.25) is 14.5 Å². The highest BCUT2D eigenvalue weighted by Gasteiger charge is 2.52. The zero-order valence-electron chi connectivity index (χ0n) is 19.6. The first kappa shape index (κ1) is 22.9. The minimum Gasteiger partial charge on any atom is -0.323 e. The van der Waals surface area contributed by atoms with E-state index in [1.165, 1.54) is 4.68 Å². The highest BCUT2D eigenvalue weighted by molar-refractivity contribution is 6.10. The second kappa shape index (κ2) is 8.57. The molecule has 2 N–H and O–H groups in total. The van der Waals surface area contributed by atoms with Gasteiger partial charge in [-0.25, -0.2) is 14.8 Å². The molecule has 1 aliphatic heterocycles. The highest BCUT2D eigenvalue weighted by atomic mass is 16.2. The third-order valence-corrected chi connectivity index (χ3v) is 6.57. The Balaban J connectivity index is 1.51. The number of aromatic nitrogens is 4. The van der Waals surface area contributed by atoms with Crippen LogP contribution in [0.2, 0.25) is 0 Å². The van der Waals surface area contributed by atoms with E-state index >= 15 is 0 Å². The molecule has 2 aromatic heterocycles. The number of nitrogens with zero attached hydrogens (tertiary/aromatic N) is 5. The summed E-state index contributed by atoms with van der Waals surface area (Å²) in [6.07, 6.45) is 7.27. The van der Waals surface area contributed by atoms with E-state index in [-0.39, 0.29) is 17.9 Å². The summed E-state index contributed by atoms with van der Waals surface area (Å²) in [4.78, 5) is 48.1. The normalized spacial score (nSPS) is 23.2. The number of carbonyl (C=O) groups excluding carboxylic acids is 3. The van der Waals surface area contributed by atoms with Gasteiger partial charge >= 0.3 is 6.03 Å². The molecular formula is C23H31N7O3. The predicted octanol–water partition coefficient (Wildman–Crippen LogP) is 2.79. The van der Waals surface area contributed by atoms with E-state index in [1.807, 2.05) is 20.8 Å². The van der Waals surface area contributed by atoms with Crippen molar-refractivity contribution in [2.45, 2.75) is 70.8 Å². The molecule has 3 heterocycles. The molecule has 1 saturated carbocycles. The standard InChI is InChI=1S/C23H31N7O3/c1-5-15-7-9-23(10-8-15)19(32)29(21(33)27-23)14-18(31)26-17-13-16(22(2,3)4)28-30(17)20-24-11-6-12-25-20/h6,11-13,15H,5,7-10,14H2,1-4H3,(H,26,31)(H,27,33). The number of urea groups is 1. The minimum absolute atomic E-state index is 0.270. The fraction of sp³-hybridized carbons (Fsp3) is 0.565. The van der Waals surface area contributed by atoms with Crippen molar-refractivity contribution in [3.8, 4) is 5.95 Å². The van der Waals surface area contributed by atoms with Gasteiger partial charge in [0, 0.05) is 23.9 Å². The summed E-state index contributed by atoms with van der Waals surface area (Å²) in [5, 5.41) is 10.2. The minimum atomic E-state index is -0.873. The molecule has 2 aromatic rings. The average Bonchev–Trinajstić information content (AvgIpc) is 3.30. The summed E-state index contributed by atoms with van der Waals surface area (Å²) in [6, 6.07) is 2.94. The van der Waals surface area contributed by atoms with Gasteiger partial charge in [0.25, 0.3) is 11.9 Å². The quantitative estimate of drug-likeness (QED) is 0.671. The van der Waals surface area contributed by atoms with Crippen LogP contribution in [0.4, 0.5) is 10.6 Å². The van der Waals surface area contributed by atoms with Crippen molar-refractivity contribution in [2.75, 3.05) is 11.9 Å². The summed E-state index contributed by atoms with van der Waals surface area (Å²) in [6.45, 7) is 7.81. The first-order valence-electron chi connectivity index (χ1n) is 11.4. The second-order valence-corrected chi connectivity index (χ2v) is 9.93. The van der Waals surface area contributed by atoms with E-state index in [9.17, 15) is 14.4 Å². The van der Waals surface area contributed by atoms with Gasteiger partial charge < -0.3 is 10.6 Å². The molecule has 4 rings (SSSR count). The molecule has 4 amide bonds. The second-order valence-electron chi connectivity index (χ2n) is 9.93. The Morgan fingerprint density at radius 1 is 1.21 bits per heavy atom. The number of hydrogen-bond acceptors (Lipinski definition) is 6. The average molecular weight is 454 g/mol. The zero-order chi connectivity index (χ0) is 23.8. The largest absolute Gasteiger partial charge is 0.325 e. The smallest absolute Gasteiger partial charge is 0.323 e. The maximum atomic E-state index is 13.1. The molecule has 2 fully saturated rings. The van der Waals surface area contributed by atoms with Crippen molar-refractivity contribution in [2.24, 2.45) is 5.92 Å². The number of hydrogen-bond donors (Lipinski definition) is 2. The molecule has 1 saturated heterocycles. The van der Waals surface area contributed by atoms with E-state index in [0.717, 1.165) is 29.9 Å². The summed E-state index contributed by atoms with van der Waals surface area (Å²) in [5.74, 6) is 0.462. The maximum Gasteiger partial charge on any atom is 0.325 e. The highest BCUT2D eigenvalue weighted by Crippen LogP contribution is 2.37. The van der Waals surface area contributed by atoms with Crippen molar-refractivity contribution in [1.82, 2.24) is 30.0 Å². The van der Waals surface area contributed by atoms with E-state index in [2.05, 4.69) is 32.6 Å². The number of amides is 4. The number of nitrogens with one attached hydrogen (secondary N) is 2. The Kier molecular flexibility index (Phi) is 5.94. The Morgan fingerprint density at radius 2 is 1.88 bits per heavy atom. The number of rotatable bonds is 5.